The van der Waals surface area contributed by atoms with Gasteiger partial charge in [-0.1, -0.05) is 18.2 Å². The summed E-state index contributed by atoms with van der Waals surface area (Å²) in [7, 11) is 3.89. The van der Waals surface area contributed by atoms with Gasteiger partial charge in [-0.05, 0) is 51.4 Å². The normalized spacial score (nSPS) is 11.4. The zero-order valence-electron chi connectivity index (χ0n) is 16.6. The molecule has 0 unspecified atom stereocenters. The molecule has 29 heavy (non-hydrogen) atoms. The number of likely N-dealkylation sites (N-methyl/N-ethyl adjacent to an activating group) is 1. The maximum atomic E-state index is 13.0. The Labute approximate surface area is 167 Å². The highest BCUT2D eigenvalue weighted by atomic mass is 16.4. The average Bonchev–Trinajstić information content (AvgIpc) is 3.00. The van der Waals surface area contributed by atoms with Gasteiger partial charge in [0.2, 0.25) is 0 Å². The van der Waals surface area contributed by atoms with Crippen LogP contribution in [0.4, 0.5) is 5.69 Å². The second kappa shape index (κ2) is 7.52. The summed E-state index contributed by atoms with van der Waals surface area (Å²) in [6.45, 7) is 3.07. The number of nitrogens with zero attached hydrogens (tertiary/aromatic N) is 3. The molecule has 148 valence electrons. The highest BCUT2D eigenvalue weighted by Gasteiger charge is 2.14. The number of benzene rings is 2. The summed E-state index contributed by atoms with van der Waals surface area (Å²) in [6.07, 6.45) is 0. The number of hydrogen-bond donors (Lipinski definition) is 1. The van der Waals surface area contributed by atoms with Crippen molar-refractivity contribution in [3.8, 4) is 0 Å². The van der Waals surface area contributed by atoms with E-state index in [0.29, 0.717) is 35.4 Å². The van der Waals surface area contributed by atoms with Crippen molar-refractivity contribution in [1.82, 2.24) is 14.5 Å². The van der Waals surface area contributed by atoms with Crippen LogP contribution in [0.1, 0.15) is 16.1 Å². The second-order valence-electron chi connectivity index (χ2n) is 7.29. The van der Waals surface area contributed by atoms with Crippen molar-refractivity contribution >= 4 is 33.6 Å². The molecule has 0 saturated carbocycles. The van der Waals surface area contributed by atoms with E-state index in [1.165, 1.54) is 0 Å². The molecule has 2 aromatic carbocycles. The van der Waals surface area contributed by atoms with Gasteiger partial charge in [-0.3, -0.25) is 14.3 Å². The van der Waals surface area contributed by atoms with Crippen LogP contribution in [0.3, 0.4) is 0 Å². The van der Waals surface area contributed by atoms with E-state index in [9.17, 15) is 9.59 Å². The minimum atomic E-state index is -0.402. The predicted molar refractivity (Wildman–Crippen MR) is 113 cm³/mol. The van der Waals surface area contributed by atoms with E-state index in [0.717, 1.165) is 16.6 Å². The van der Waals surface area contributed by atoms with Gasteiger partial charge < -0.3 is 14.6 Å². The van der Waals surface area contributed by atoms with Gasteiger partial charge >= 0.3 is 5.76 Å². The van der Waals surface area contributed by atoms with Crippen molar-refractivity contribution in [1.29, 1.82) is 0 Å². The standard InChI is InChI=1S/C22H22N4O3/c1-14-12-17(16-6-4-5-7-18(16)23-14)21(27)24-15-8-9-20-19(13-15)26(22(28)29-20)11-10-25(2)3/h4-9,12-13H,10-11H2,1-3H3,(H,24,27). The molecule has 4 aromatic rings. The highest BCUT2D eigenvalue weighted by Crippen LogP contribution is 2.22. The first-order valence-corrected chi connectivity index (χ1v) is 9.38. The molecule has 0 fully saturated rings. The zero-order valence-corrected chi connectivity index (χ0v) is 16.6. The number of aromatic nitrogens is 2. The number of nitrogens with one attached hydrogen (secondary N) is 1. The monoisotopic (exact) mass is 390 g/mol. The Morgan fingerprint density at radius 3 is 2.76 bits per heavy atom. The van der Waals surface area contributed by atoms with Crippen LogP contribution in [0, 0.1) is 6.92 Å². The lowest BCUT2D eigenvalue weighted by molar-refractivity contribution is 0.102. The largest absolute Gasteiger partial charge is 0.419 e. The summed E-state index contributed by atoms with van der Waals surface area (Å²) in [5.74, 6) is -0.627. The fraction of sp³-hybridized carbons (Fsp3) is 0.227. The molecule has 0 saturated heterocycles. The molecule has 0 spiro atoms. The SMILES string of the molecule is Cc1cc(C(=O)Nc2ccc3oc(=O)n(CCN(C)C)c3c2)c2ccccc2n1. The van der Waals surface area contributed by atoms with Crippen LogP contribution in [0.2, 0.25) is 0 Å². The van der Waals surface area contributed by atoms with Gasteiger partial charge in [0.05, 0.1) is 16.6 Å². The number of aryl methyl sites for hydroxylation is 1. The zero-order chi connectivity index (χ0) is 20.5. The molecule has 0 aliphatic carbocycles. The number of pyridine rings is 1. The molecule has 4 rings (SSSR count). The lowest BCUT2D eigenvalue weighted by Gasteiger charge is -2.11. The summed E-state index contributed by atoms with van der Waals surface area (Å²) < 4.78 is 6.90. The Morgan fingerprint density at radius 2 is 1.97 bits per heavy atom. The molecule has 7 nitrogen and oxygen atoms in total. The Hall–Kier alpha value is -3.45. The molecule has 7 heteroatoms. The van der Waals surface area contributed by atoms with Gasteiger partial charge in [0, 0.05) is 29.9 Å². The van der Waals surface area contributed by atoms with Crippen LogP contribution in [0.15, 0.2) is 57.7 Å². The van der Waals surface area contributed by atoms with Gasteiger partial charge in [0.25, 0.3) is 5.91 Å². The van der Waals surface area contributed by atoms with E-state index in [1.807, 2.05) is 50.2 Å². The number of anilines is 1. The number of amides is 1. The summed E-state index contributed by atoms with van der Waals surface area (Å²) in [5.41, 5.74) is 3.87. The third-order valence-electron chi connectivity index (χ3n) is 4.78. The third-order valence-corrected chi connectivity index (χ3v) is 4.78. The van der Waals surface area contributed by atoms with E-state index < -0.39 is 5.76 Å². The van der Waals surface area contributed by atoms with Gasteiger partial charge in [-0.25, -0.2) is 4.79 Å². The fourth-order valence-corrected chi connectivity index (χ4v) is 3.35. The molecule has 0 aliphatic rings. The second-order valence-corrected chi connectivity index (χ2v) is 7.29. The molecular formula is C22H22N4O3. The number of oxazole rings is 1. The Bertz CT molecular complexity index is 1270. The number of carbonyl (C=O) groups excluding carboxylic acids is 1. The molecule has 0 atom stereocenters. The molecule has 0 bridgehead atoms. The van der Waals surface area contributed by atoms with Gasteiger partial charge in [0.1, 0.15) is 0 Å². The Morgan fingerprint density at radius 1 is 1.17 bits per heavy atom. The summed E-state index contributed by atoms with van der Waals surface area (Å²) in [6, 6.07) is 14.5. The van der Waals surface area contributed by atoms with Crippen molar-refractivity contribution in [3.63, 3.8) is 0 Å². The van der Waals surface area contributed by atoms with Crippen molar-refractivity contribution < 1.29 is 9.21 Å². The Balaban J connectivity index is 1.69. The number of para-hydroxylation sites is 1. The number of fused-ring (bicyclic) bond motifs is 2. The van der Waals surface area contributed by atoms with Crippen LogP contribution in [-0.2, 0) is 6.54 Å². The Kier molecular flexibility index (Phi) is 4.90. The topological polar surface area (TPSA) is 80.4 Å². The number of rotatable bonds is 5. The van der Waals surface area contributed by atoms with Gasteiger partial charge in [0.15, 0.2) is 5.58 Å². The van der Waals surface area contributed by atoms with Crippen molar-refractivity contribution in [2.24, 2.45) is 0 Å². The van der Waals surface area contributed by atoms with E-state index in [4.69, 9.17) is 4.42 Å². The molecular weight excluding hydrogens is 368 g/mol. The predicted octanol–water partition coefficient (Wildman–Crippen LogP) is 3.27. The minimum absolute atomic E-state index is 0.225. The average molecular weight is 390 g/mol. The summed E-state index contributed by atoms with van der Waals surface area (Å²) >= 11 is 0. The lowest BCUT2D eigenvalue weighted by Crippen LogP contribution is -2.23. The first-order valence-electron chi connectivity index (χ1n) is 9.38. The highest BCUT2D eigenvalue weighted by molar-refractivity contribution is 6.12. The number of hydrogen-bond acceptors (Lipinski definition) is 5. The van der Waals surface area contributed by atoms with Crippen LogP contribution in [0.5, 0.6) is 0 Å². The molecule has 0 aliphatic heterocycles. The van der Waals surface area contributed by atoms with Crippen molar-refractivity contribution in [3.05, 3.63) is 70.3 Å². The molecule has 2 heterocycles. The molecule has 0 radical (unpaired) electrons. The van der Waals surface area contributed by atoms with Crippen LogP contribution < -0.4 is 11.1 Å². The minimum Gasteiger partial charge on any atom is -0.408 e. The quantitative estimate of drug-likeness (QED) is 0.566. The summed E-state index contributed by atoms with van der Waals surface area (Å²) in [5, 5.41) is 3.73. The first-order chi connectivity index (χ1) is 13.9. The van der Waals surface area contributed by atoms with Crippen LogP contribution >= 0.6 is 0 Å². The lowest BCUT2D eigenvalue weighted by atomic mass is 10.1. The molecule has 1 amide bonds. The smallest absolute Gasteiger partial charge is 0.408 e. The maximum Gasteiger partial charge on any atom is 0.419 e. The summed E-state index contributed by atoms with van der Waals surface area (Å²) in [4.78, 5) is 31.6. The third kappa shape index (κ3) is 3.77. The van der Waals surface area contributed by atoms with Crippen molar-refractivity contribution in [2.75, 3.05) is 26.0 Å². The number of carbonyl (C=O) groups is 1. The van der Waals surface area contributed by atoms with E-state index in [-0.39, 0.29) is 5.91 Å². The first kappa shape index (κ1) is 18.9. The van der Waals surface area contributed by atoms with Gasteiger partial charge in [-0.15, -0.1) is 0 Å². The van der Waals surface area contributed by atoms with E-state index >= 15 is 0 Å². The van der Waals surface area contributed by atoms with E-state index in [2.05, 4.69) is 10.3 Å². The maximum absolute atomic E-state index is 13.0. The molecule has 2 aromatic heterocycles. The van der Waals surface area contributed by atoms with Gasteiger partial charge in [-0.2, -0.15) is 0 Å². The van der Waals surface area contributed by atoms with E-state index in [1.54, 1.807) is 28.8 Å². The van der Waals surface area contributed by atoms with Crippen LogP contribution in [0.25, 0.3) is 22.0 Å². The fourth-order valence-electron chi connectivity index (χ4n) is 3.35. The molecule has 1 N–H and O–H groups in total. The van der Waals surface area contributed by atoms with Crippen LogP contribution in [-0.4, -0.2) is 41.0 Å². The van der Waals surface area contributed by atoms with Crippen molar-refractivity contribution in [2.45, 2.75) is 13.5 Å².